The van der Waals surface area contributed by atoms with Crippen LogP contribution in [0.2, 0.25) is 0 Å². The highest BCUT2D eigenvalue weighted by Crippen LogP contribution is 2.14. The van der Waals surface area contributed by atoms with Gasteiger partial charge in [0.15, 0.2) is 0 Å². The van der Waals surface area contributed by atoms with E-state index < -0.39 is 0 Å². The number of carbonyl (C=O) groups excluding carboxylic acids is 1. The van der Waals surface area contributed by atoms with Crippen LogP contribution in [0.3, 0.4) is 0 Å². The summed E-state index contributed by atoms with van der Waals surface area (Å²) in [5.74, 6) is 0.728. The van der Waals surface area contributed by atoms with Gasteiger partial charge < -0.3 is 0 Å². The van der Waals surface area contributed by atoms with Gasteiger partial charge in [0.2, 0.25) is 0 Å². The van der Waals surface area contributed by atoms with Gasteiger partial charge in [0.25, 0.3) is 0 Å². The van der Waals surface area contributed by atoms with Crippen LogP contribution in [0.4, 0.5) is 4.79 Å². The molecule has 0 atom stereocenters. The maximum absolute atomic E-state index is 10.7. The summed E-state index contributed by atoms with van der Waals surface area (Å²) in [6, 6.07) is -0.216. The first-order valence-corrected chi connectivity index (χ1v) is 3.73. The van der Waals surface area contributed by atoms with Gasteiger partial charge in [-0.15, -0.1) is 6.58 Å². The number of rotatable bonds is 3. The number of hydrogen-bond acceptors (Lipinski definition) is 2. The van der Waals surface area contributed by atoms with E-state index in [0.29, 0.717) is 0 Å². The van der Waals surface area contributed by atoms with E-state index in [1.54, 1.807) is 12.3 Å². The zero-order chi connectivity index (χ0) is 7.40. The Bertz CT molecular complexity index is 179. The summed E-state index contributed by atoms with van der Waals surface area (Å²) in [6.45, 7) is 3.53. The van der Waals surface area contributed by atoms with Crippen molar-refractivity contribution >= 4 is 18.0 Å². The molecule has 4 heteroatoms. The van der Waals surface area contributed by atoms with E-state index in [9.17, 15) is 4.79 Å². The molecule has 0 aliphatic carbocycles. The Morgan fingerprint density at radius 2 is 2.70 bits per heavy atom. The van der Waals surface area contributed by atoms with E-state index in [0.717, 1.165) is 5.75 Å². The molecule has 0 unspecified atom stereocenters. The zero-order valence-corrected chi connectivity index (χ0v) is 6.17. The summed E-state index contributed by atoms with van der Waals surface area (Å²) in [5.41, 5.74) is 0. The molecular formula is C6H7N2OS. The second-order valence-corrected chi connectivity index (χ2v) is 2.60. The van der Waals surface area contributed by atoms with E-state index >= 15 is 0 Å². The molecule has 1 aliphatic heterocycles. The molecule has 0 N–H and O–H groups in total. The van der Waals surface area contributed by atoms with Crippen LogP contribution in [0.5, 0.6) is 0 Å². The molecule has 0 spiro atoms. The first-order valence-electron chi connectivity index (χ1n) is 2.79. The lowest BCUT2D eigenvalue weighted by Crippen LogP contribution is -2.16. The lowest BCUT2D eigenvalue weighted by Gasteiger charge is -2.06. The minimum atomic E-state index is -0.216. The molecule has 53 valence electrons. The van der Waals surface area contributed by atoms with Crippen LogP contribution >= 0.6 is 11.9 Å². The molecule has 0 aromatic carbocycles. The van der Waals surface area contributed by atoms with Gasteiger partial charge in [-0.25, -0.2) is 9.10 Å². The SMILES string of the molecule is C=CCSN1C=C[N]C1=O. The Morgan fingerprint density at radius 3 is 3.20 bits per heavy atom. The van der Waals surface area contributed by atoms with Gasteiger partial charge in [-0.2, -0.15) is 5.32 Å². The van der Waals surface area contributed by atoms with Gasteiger partial charge in [0.1, 0.15) is 0 Å². The summed E-state index contributed by atoms with van der Waals surface area (Å²) in [6.07, 6.45) is 4.86. The molecule has 0 aromatic rings. The van der Waals surface area contributed by atoms with Crippen molar-refractivity contribution in [3.05, 3.63) is 25.1 Å². The van der Waals surface area contributed by atoms with Gasteiger partial charge in [0, 0.05) is 12.0 Å². The fraction of sp³-hybridized carbons (Fsp3) is 0.167. The Kier molecular flexibility index (Phi) is 2.39. The number of urea groups is 1. The van der Waals surface area contributed by atoms with Gasteiger partial charge in [-0.3, -0.25) is 0 Å². The number of carbonyl (C=O) groups is 1. The molecule has 0 bridgehead atoms. The summed E-state index contributed by atoms with van der Waals surface area (Å²) >= 11 is 1.38. The smallest absolute Gasteiger partial charge is 0.245 e. The van der Waals surface area contributed by atoms with Crippen molar-refractivity contribution in [1.29, 1.82) is 0 Å². The summed E-state index contributed by atoms with van der Waals surface area (Å²) < 4.78 is 1.47. The highest BCUT2D eigenvalue weighted by Gasteiger charge is 2.15. The van der Waals surface area contributed by atoms with Crippen LogP contribution in [-0.4, -0.2) is 16.1 Å². The first-order chi connectivity index (χ1) is 4.84. The molecular weight excluding hydrogens is 148 g/mol. The Morgan fingerprint density at radius 1 is 1.90 bits per heavy atom. The largest absolute Gasteiger partial charge is 0.357 e. The van der Waals surface area contributed by atoms with Crippen LogP contribution < -0.4 is 5.32 Å². The number of hydrogen-bond donors (Lipinski definition) is 0. The Hall–Kier alpha value is -0.900. The summed E-state index contributed by atoms with van der Waals surface area (Å²) in [7, 11) is 0. The predicted molar refractivity (Wildman–Crippen MR) is 41.2 cm³/mol. The molecule has 1 heterocycles. The van der Waals surface area contributed by atoms with Crippen LogP contribution in [-0.2, 0) is 0 Å². The predicted octanol–water partition coefficient (Wildman–Crippen LogP) is 1.33. The highest BCUT2D eigenvalue weighted by atomic mass is 32.2. The van der Waals surface area contributed by atoms with Crippen molar-refractivity contribution in [2.75, 3.05) is 5.75 Å². The van der Waals surface area contributed by atoms with Crippen LogP contribution in [0.1, 0.15) is 0 Å². The minimum Gasteiger partial charge on any atom is -0.245 e. The van der Waals surface area contributed by atoms with Crippen LogP contribution in [0.15, 0.2) is 25.1 Å². The fourth-order valence-electron chi connectivity index (χ4n) is 0.510. The number of amides is 2. The molecule has 1 rings (SSSR count). The van der Waals surface area contributed by atoms with Crippen molar-refractivity contribution in [3.63, 3.8) is 0 Å². The lowest BCUT2D eigenvalue weighted by atomic mass is 10.8. The molecule has 0 saturated carbocycles. The quantitative estimate of drug-likeness (QED) is 0.455. The normalized spacial score (nSPS) is 15.6. The third-order valence-electron chi connectivity index (χ3n) is 0.907. The van der Waals surface area contributed by atoms with E-state index in [4.69, 9.17) is 0 Å². The zero-order valence-electron chi connectivity index (χ0n) is 5.36. The maximum atomic E-state index is 10.7. The topological polar surface area (TPSA) is 34.4 Å². The van der Waals surface area contributed by atoms with Crippen molar-refractivity contribution in [3.8, 4) is 0 Å². The first kappa shape index (κ1) is 7.21. The van der Waals surface area contributed by atoms with E-state index in [1.165, 1.54) is 22.5 Å². The third kappa shape index (κ3) is 1.54. The molecule has 0 aromatic heterocycles. The van der Waals surface area contributed by atoms with E-state index in [2.05, 4.69) is 11.9 Å². The average molecular weight is 155 g/mol. The van der Waals surface area contributed by atoms with Gasteiger partial charge in [-0.05, 0) is 11.9 Å². The molecule has 0 fully saturated rings. The lowest BCUT2D eigenvalue weighted by molar-refractivity contribution is 0.239. The standard InChI is InChI=1S/C6H7N2OS/c1-2-5-10-8-4-3-7-6(8)9/h2-4H,1,5H2. The molecule has 10 heavy (non-hydrogen) atoms. The molecule has 3 nitrogen and oxygen atoms in total. The molecule has 1 aliphatic rings. The van der Waals surface area contributed by atoms with Gasteiger partial charge >= 0.3 is 6.03 Å². The third-order valence-corrected chi connectivity index (χ3v) is 1.85. The summed E-state index contributed by atoms with van der Waals surface area (Å²) in [4.78, 5) is 10.7. The van der Waals surface area contributed by atoms with E-state index in [-0.39, 0.29) is 6.03 Å². The fourth-order valence-corrected chi connectivity index (χ4v) is 1.07. The molecule has 0 saturated heterocycles. The van der Waals surface area contributed by atoms with Gasteiger partial charge in [-0.1, -0.05) is 6.08 Å². The Labute approximate surface area is 63.9 Å². The average Bonchev–Trinajstić information content (AvgIpc) is 2.31. The van der Waals surface area contributed by atoms with Gasteiger partial charge in [0.05, 0.1) is 6.20 Å². The summed E-state index contributed by atoms with van der Waals surface area (Å²) in [5, 5.41) is 3.52. The minimum absolute atomic E-state index is 0.216. The van der Waals surface area contributed by atoms with Crippen LogP contribution in [0, 0.1) is 0 Å². The monoisotopic (exact) mass is 155 g/mol. The molecule has 1 radical (unpaired) electrons. The van der Waals surface area contributed by atoms with Crippen molar-refractivity contribution in [1.82, 2.24) is 9.62 Å². The van der Waals surface area contributed by atoms with Crippen LogP contribution in [0.25, 0.3) is 0 Å². The second kappa shape index (κ2) is 3.31. The Balaban J connectivity index is 2.33. The maximum Gasteiger partial charge on any atom is 0.357 e. The second-order valence-electron chi connectivity index (χ2n) is 1.62. The highest BCUT2D eigenvalue weighted by molar-refractivity contribution is 7.97. The van der Waals surface area contributed by atoms with Crippen molar-refractivity contribution < 1.29 is 4.79 Å². The van der Waals surface area contributed by atoms with Crippen molar-refractivity contribution in [2.45, 2.75) is 0 Å². The molecule has 2 amide bonds. The van der Waals surface area contributed by atoms with Crippen molar-refractivity contribution in [2.24, 2.45) is 0 Å². The van der Waals surface area contributed by atoms with E-state index in [1.807, 2.05) is 0 Å². The number of nitrogens with zero attached hydrogens (tertiary/aromatic N) is 2.